The van der Waals surface area contributed by atoms with Crippen LogP contribution < -0.4 is 5.32 Å². The Morgan fingerprint density at radius 3 is 2.57 bits per heavy atom. The topological polar surface area (TPSA) is 32.3 Å². The van der Waals surface area contributed by atoms with Crippen LogP contribution in [0.15, 0.2) is 30.3 Å². The molecule has 0 heterocycles. The van der Waals surface area contributed by atoms with Crippen molar-refractivity contribution in [2.24, 2.45) is 0 Å². The summed E-state index contributed by atoms with van der Waals surface area (Å²) >= 11 is 0. The van der Waals surface area contributed by atoms with Gasteiger partial charge in [-0.05, 0) is 12.0 Å². The van der Waals surface area contributed by atoms with Gasteiger partial charge in [0.15, 0.2) is 0 Å². The maximum Gasteiger partial charge on any atom is 0.0584 e. The van der Waals surface area contributed by atoms with Crippen LogP contribution in [0.5, 0.6) is 0 Å². The molecule has 1 atom stereocenters. The second kappa shape index (κ2) is 6.57. The van der Waals surface area contributed by atoms with Gasteiger partial charge in [0.25, 0.3) is 0 Å². The van der Waals surface area contributed by atoms with Crippen molar-refractivity contribution in [3.05, 3.63) is 35.9 Å². The highest BCUT2D eigenvalue weighted by Crippen LogP contribution is 2.00. The van der Waals surface area contributed by atoms with Crippen LogP contribution in [-0.4, -0.2) is 17.8 Å². The number of hydrogen-bond donors (Lipinski definition) is 2. The Labute approximate surface area is 86.0 Å². The molecular formula is C12H19NO. The molecule has 2 N–H and O–H groups in total. The average molecular weight is 193 g/mol. The molecule has 78 valence electrons. The van der Waals surface area contributed by atoms with Gasteiger partial charge in [-0.3, -0.25) is 0 Å². The quantitative estimate of drug-likeness (QED) is 0.723. The first-order valence-electron chi connectivity index (χ1n) is 5.25. The van der Waals surface area contributed by atoms with E-state index in [-0.39, 0.29) is 12.6 Å². The van der Waals surface area contributed by atoms with Gasteiger partial charge >= 0.3 is 0 Å². The van der Waals surface area contributed by atoms with Crippen LogP contribution in [0.3, 0.4) is 0 Å². The summed E-state index contributed by atoms with van der Waals surface area (Å²) in [4.78, 5) is 0. The summed E-state index contributed by atoms with van der Waals surface area (Å²) < 4.78 is 0. The second-order valence-corrected chi connectivity index (χ2v) is 3.53. The SMILES string of the molecule is CCCC(CO)NCc1ccccc1. The van der Waals surface area contributed by atoms with Gasteiger partial charge in [-0.2, -0.15) is 0 Å². The van der Waals surface area contributed by atoms with Gasteiger partial charge in [-0.1, -0.05) is 43.7 Å². The van der Waals surface area contributed by atoms with E-state index in [4.69, 9.17) is 5.11 Å². The largest absolute Gasteiger partial charge is 0.395 e. The van der Waals surface area contributed by atoms with Gasteiger partial charge in [-0.15, -0.1) is 0 Å². The van der Waals surface area contributed by atoms with Gasteiger partial charge in [0.05, 0.1) is 6.61 Å². The van der Waals surface area contributed by atoms with E-state index in [9.17, 15) is 0 Å². The Balaban J connectivity index is 2.32. The zero-order valence-electron chi connectivity index (χ0n) is 8.74. The summed E-state index contributed by atoms with van der Waals surface area (Å²) in [5.41, 5.74) is 1.27. The fourth-order valence-corrected chi connectivity index (χ4v) is 1.46. The summed E-state index contributed by atoms with van der Waals surface area (Å²) in [5.74, 6) is 0. The Bertz CT molecular complexity index is 235. The van der Waals surface area contributed by atoms with E-state index in [1.54, 1.807) is 0 Å². The van der Waals surface area contributed by atoms with E-state index in [1.165, 1.54) is 5.56 Å². The van der Waals surface area contributed by atoms with Crippen LogP contribution in [-0.2, 0) is 6.54 Å². The van der Waals surface area contributed by atoms with Crippen LogP contribution in [0.2, 0.25) is 0 Å². The number of benzene rings is 1. The summed E-state index contributed by atoms with van der Waals surface area (Å²) in [6.07, 6.45) is 2.14. The van der Waals surface area contributed by atoms with Crippen LogP contribution >= 0.6 is 0 Å². The van der Waals surface area contributed by atoms with E-state index in [2.05, 4.69) is 24.4 Å². The molecule has 0 saturated carbocycles. The number of rotatable bonds is 6. The van der Waals surface area contributed by atoms with Gasteiger partial charge in [0.2, 0.25) is 0 Å². The van der Waals surface area contributed by atoms with E-state index in [0.717, 1.165) is 19.4 Å². The fourth-order valence-electron chi connectivity index (χ4n) is 1.46. The molecule has 1 aromatic rings. The molecule has 1 aromatic carbocycles. The van der Waals surface area contributed by atoms with Gasteiger partial charge < -0.3 is 10.4 Å². The van der Waals surface area contributed by atoms with Crippen LogP contribution in [0.25, 0.3) is 0 Å². The van der Waals surface area contributed by atoms with Crippen molar-refractivity contribution in [3.63, 3.8) is 0 Å². The fraction of sp³-hybridized carbons (Fsp3) is 0.500. The number of hydrogen-bond acceptors (Lipinski definition) is 2. The first-order chi connectivity index (χ1) is 6.86. The molecule has 0 aromatic heterocycles. The molecule has 0 spiro atoms. The van der Waals surface area contributed by atoms with E-state index >= 15 is 0 Å². The van der Waals surface area contributed by atoms with Crippen LogP contribution in [0.4, 0.5) is 0 Å². The highest BCUT2D eigenvalue weighted by Gasteiger charge is 2.04. The lowest BCUT2D eigenvalue weighted by Gasteiger charge is -2.14. The molecule has 1 unspecified atom stereocenters. The first kappa shape index (κ1) is 11.2. The zero-order valence-corrected chi connectivity index (χ0v) is 8.74. The van der Waals surface area contributed by atoms with Gasteiger partial charge in [0, 0.05) is 12.6 Å². The molecule has 0 amide bonds. The van der Waals surface area contributed by atoms with Crippen molar-refractivity contribution in [2.75, 3.05) is 6.61 Å². The number of aliphatic hydroxyl groups excluding tert-OH is 1. The zero-order chi connectivity index (χ0) is 10.2. The third-order valence-electron chi connectivity index (χ3n) is 2.30. The maximum atomic E-state index is 9.07. The van der Waals surface area contributed by atoms with E-state index in [0.29, 0.717) is 0 Å². The monoisotopic (exact) mass is 193 g/mol. The van der Waals surface area contributed by atoms with E-state index in [1.807, 2.05) is 18.2 Å². The molecule has 14 heavy (non-hydrogen) atoms. The highest BCUT2D eigenvalue weighted by atomic mass is 16.3. The first-order valence-corrected chi connectivity index (χ1v) is 5.25. The normalized spacial score (nSPS) is 12.7. The van der Waals surface area contributed by atoms with Gasteiger partial charge in [-0.25, -0.2) is 0 Å². The summed E-state index contributed by atoms with van der Waals surface area (Å²) in [6, 6.07) is 10.5. The lowest BCUT2D eigenvalue weighted by Crippen LogP contribution is -2.31. The molecule has 1 rings (SSSR count). The van der Waals surface area contributed by atoms with Crippen molar-refractivity contribution in [1.29, 1.82) is 0 Å². The lowest BCUT2D eigenvalue weighted by atomic mass is 10.1. The Hall–Kier alpha value is -0.860. The minimum atomic E-state index is 0.223. The number of aliphatic hydroxyl groups is 1. The highest BCUT2D eigenvalue weighted by molar-refractivity contribution is 5.14. The molecule has 0 bridgehead atoms. The minimum absolute atomic E-state index is 0.223. The second-order valence-electron chi connectivity index (χ2n) is 3.53. The van der Waals surface area contributed by atoms with Crippen molar-refractivity contribution in [3.8, 4) is 0 Å². The Morgan fingerprint density at radius 1 is 1.29 bits per heavy atom. The molecule has 0 saturated heterocycles. The third-order valence-corrected chi connectivity index (χ3v) is 2.30. The summed E-state index contributed by atoms with van der Waals surface area (Å²) in [5, 5.41) is 12.4. The maximum absolute atomic E-state index is 9.07. The lowest BCUT2D eigenvalue weighted by molar-refractivity contribution is 0.234. The van der Waals surface area contributed by atoms with Crippen molar-refractivity contribution in [2.45, 2.75) is 32.4 Å². The molecule has 0 radical (unpaired) electrons. The Kier molecular flexibility index (Phi) is 5.27. The van der Waals surface area contributed by atoms with Crippen molar-refractivity contribution in [1.82, 2.24) is 5.32 Å². The number of nitrogens with one attached hydrogen (secondary N) is 1. The van der Waals surface area contributed by atoms with Crippen molar-refractivity contribution >= 4 is 0 Å². The molecule has 0 fully saturated rings. The van der Waals surface area contributed by atoms with Gasteiger partial charge in [0.1, 0.15) is 0 Å². The third kappa shape index (κ3) is 3.90. The molecule has 2 heteroatoms. The molecule has 0 aliphatic carbocycles. The molecular weight excluding hydrogens is 174 g/mol. The summed E-state index contributed by atoms with van der Waals surface area (Å²) in [6.45, 7) is 3.19. The van der Waals surface area contributed by atoms with E-state index < -0.39 is 0 Å². The minimum Gasteiger partial charge on any atom is -0.395 e. The standard InChI is InChI=1S/C12H19NO/c1-2-6-12(10-14)13-9-11-7-4-3-5-8-11/h3-5,7-8,12-14H,2,6,9-10H2,1H3. The van der Waals surface area contributed by atoms with Crippen LogP contribution in [0.1, 0.15) is 25.3 Å². The molecule has 0 aliphatic rings. The summed E-state index contributed by atoms with van der Waals surface area (Å²) in [7, 11) is 0. The Morgan fingerprint density at radius 2 is 2.00 bits per heavy atom. The van der Waals surface area contributed by atoms with Crippen LogP contribution in [0, 0.1) is 0 Å². The predicted molar refractivity (Wildman–Crippen MR) is 59.1 cm³/mol. The van der Waals surface area contributed by atoms with Crippen molar-refractivity contribution < 1.29 is 5.11 Å². The molecule has 0 aliphatic heterocycles. The average Bonchev–Trinajstić information content (AvgIpc) is 2.25. The predicted octanol–water partition coefficient (Wildman–Crippen LogP) is 1.94. The smallest absolute Gasteiger partial charge is 0.0584 e. The molecule has 2 nitrogen and oxygen atoms in total.